The summed E-state index contributed by atoms with van der Waals surface area (Å²) in [7, 11) is -4.09. The summed E-state index contributed by atoms with van der Waals surface area (Å²) < 4.78 is 35.7. The maximum absolute atomic E-state index is 11.7. The fraction of sp³-hybridized carbons (Fsp3) is 0.947. The Morgan fingerprint density at radius 3 is 2.10 bits per heavy atom. The first-order valence-electron chi connectivity index (χ1n) is 10.6. The van der Waals surface area contributed by atoms with E-state index in [1.54, 1.807) is 0 Å². The van der Waals surface area contributed by atoms with Gasteiger partial charge in [0.25, 0.3) is 0 Å². The fourth-order valence-electron chi connectivity index (χ4n) is 2.54. The van der Waals surface area contributed by atoms with Crippen LogP contribution in [0.1, 0.15) is 85.9 Å². The Kier molecular flexibility index (Phi) is 24.9. The van der Waals surface area contributed by atoms with Gasteiger partial charge in [0.05, 0.1) is 13.2 Å². The van der Waals surface area contributed by atoms with Crippen molar-refractivity contribution in [3.63, 3.8) is 0 Å². The predicted molar refractivity (Wildman–Crippen MR) is 109 cm³/mol. The van der Waals surface area contributed by atoms with Crippen molar-refractivity contribution in [1.82, 2.24) is 5.32 Å². The molecule has 0 aliphatic rings. The molecule has 0 aromatic rings. The number of nitrogens with one attached hydrogen (secondary N) is 1. The third-order valence-electron chi connectivity index (χ3n) is 4.00. The monoisotopic (exact) mass is 449 g/mol. The average Bonchev–Trinajstić information content (AvgIpc) is 2.65. The minimum Gasteiger partial charge on any atom is -1.00 e. The van der Waals surface area contributed by atoms with Crippen molar-refractivity contribution in [2.75, 3.05) is 33.0 Å². The molecule has 8 nitrogen and oxygen atoms in total. The molecule has 0 aliphatic carbocycles. The van der Waals surface area contributed by atoms with Gasteiger partial charge in [0.2, 0.25) is 5.91 Å². The van der Waals surface area contributed by atoms with Gasteiger partial charge < -0.3 is 11.5 Å². The number of amides is 1. The molecule has 0 unspecified atom stereocenters. The molecule has 0 atom stereocenters. The predicted octanol–water partition coefficient (Wildman–Crippen LogP) is 0.776. The maximum Gasteiger partial charge on any atom is 1.00 e. The van der Waals surface area contributed by atoms with Gasteiger partial charge in [-0.1, -0.05) is 62.6 Å². The van der Waals surface area contributed by atoms with Crippen LogP contribution in [0.3, 0.4) is 0 Å². The van der Waals surface area contributed by atoms with E-state index in [-0.39, 0.29) is 56.7 Å². The Balaban J connectivity index is -0.00000364. The van der Waals surface area contributed by atoms with Crippen LogP contribution in [0.4, 0.5) is 0 Å². The second-order valence-electron chi connectivity index (χ2n) is 6.60. The van der Waals surface area contributed by atoms with Crippen molar-refractivity contribution in [3.05, 3.63) is 0 Å². The van der Waals surface area contributed by atoms with E-state index in [9.17, 15) is 13.2 Å². The van der Waals surface area contributed by atoms with Crippen molar-refractivity contribution < 1.29 is 62.3 Å². The molecule has 0 spiro atoms. The average molecular weight is 450 g/mol. The van der Waals surface area contributed by atoms with E-state index >= 15 is 0 Å². The fourth-order valence-corrected chi connectivity index (χ4v) is 3.05. The van der Waals surface area contributed by atoms with E-state index in [1.165, 1.54) is 51.9 Å². The van der Waals surface area contributed by atoms with Gasteiger partial charge in [-0.25, -0.2) is 9.07 Å². The number of unbranched alkanes of at least 4 members (excludes halogenated alkanes) is 8. The van der Waals surface area contributed by atoms with Gasteiger partial charge in [0.1, 0.15) is 6.61 Å². The molecule has 0 aromatic heterocycles. The zero-order valence-electron chi connectivity index (χ0n) is 19.6. The van der Waals surface area contributed by atoms with E-state index < -0.39 is 10.4 Å². The van der Waals surface area contributed by atoms with Crippen LogP contribution in [-0.2, 0) is 33.3 Å². The van der Waals surface area contributed by atoms with E-state index in [0.717, 1.165) is 12.8 Å². The van der Waals surface area contributed by atoms with Crippen LogP contribution in [0.5, 0.6) is 0 Å². The van der Waals surface area contributed by atoms with Gasteiger partial charge in [-0.05, 0) is 19.8 Å². The SMILES string of the molecule is CCCCCCCCCCCC(=O)NCCCOCCOOS(=O)(=O)OCC.[H-].[Na+]. The topological polar surface area (TPSA) is 100 Å². The quantitative estimate of drug-likeness (QED) is 0.120. The molecule has 1 amide bonds. The molecule has 0 heterocycles. The molecule has 170 valence electrons. The third kappa shape index (κ3) is 24.4. The van der Waals surface area contributed by atoms with Crippen molar-refractivity contribution in [1.29, 1.82) is 0 Å². The van der Waals surface area contributed by atoms with Crippen LogP contribution in [0.2, 0.25) is 0 Å². The molecule has 0 rings (SSSR count). The smallest absolute Gasteiger partial charge is 1.00 e. The molecular formula is C19H40NNaO7S. The summed E-state index contributed by atoms with van der Waals surface area (Å²) in [6.45, 7) is 4.90. The van der Waals surface area contributed by atoms with E-state index in [1.807, 2.05) is 0 Å². The summed E-state index contributed by atoms with van der Waals surface area (Å²) >= 11 is 0. The van der Waals surface area contributed by atoms with Gasteiger partial charge in [-0.3, -0.25) is 4.79 Å². The van der Waals surface area contributed by atoms with E-state index in [2.05, 4.69) is 25.6 Å². The zero-order valence-corrected chi connectivity index (χ0v) is 21.4. The second kappa shape index (κ2) is 22.9. The summed E-state index contributed by atoms with van der Waals surface area (Å²) in [5, 5.41) is 2.87. The summed E-state index contributed by atoms with van der Waals surface area (Å²) in [6, 6.07) is 0. The van der Waals surface area contributed by atoms with Crippen LogP contribution in [0.15, 0.2) is 0 Å². The summed E-state index contributed by atoms with van der Waals surface area (Å²) in [5.74, 6) is 0.0841. The Morgan fingerprint density at radius 2 is 1.48 bits per heavy atom. The summed E-state index contributed by atoms with van der Waals surface area (Å²) in [6.07, 6.45) is 12.4. The number of hydrogen-bond donors (Lipinski definition) is 1. The van der Waals surface area contributed by atoms with Crippen molar-refractivity contribution >= 4 is 16.3 Å². The van der Waals surface area contributed by atoms with Crippen LogP contribution in [-0.4, -0.2) is 47.3 Å². The van der Waals surface area contributed by atoms with Crippen molar-refractivity contribution in [2.24, 2.45) is 0 Å². The maximum atomic E-state index is 11.7. The van der Waals surface area contributed by atoms with Gasteiger partial charge in [-0.15, -0.1) is 0 Å². The molecule has 0 aliphatic heterocycles. The normalized spacial score (nSPS) is 11.2. The molecule has 0 bridgehead atoms. The molecule has 0 saturated carbocycles. The number of hydrogen-bond acceptors (Lipinski definition) is 7. The molecule has 10 heteroatoms. The number of carbonyl (C=O) groups is 1. The Hall–Kier alpha value is 0.260. The molecule has 1 N–H and O–H groups in total. The first-order valence-corrected chi connectivity index (χ1v) is 11.9. The van der Waals surface area contributed by atoms with E-state index in [0.29, 0.717) is 26.0 Å². The third-order valence-corrected chi connectivity index (χ3v) is 4.79. The molecule has 0 fully saturated rings. The Bertz CT molecular complexity index is 470. The first kappa shape index (κ1) is 31.4. The van der Waals surface area contributed by atoms with Gasteiger partial charge >= 0.3 is 40.0 Å². The molecule has 0 saturated heterocycles. The number of rotatable bonds is 21. The number of carbonyl (C=O) groups excluding carboxylic acids is 1. The summed E-state index contributed by atoms with van der Waals surface area (Å²) in [4.78, 5) is 16.2. The zero-order chi connectivity index (χ0) is 20.9. The van der Waals surface area contributed by atoms with Gasteiger partial charge in [0.15, 0.2) is 0 Å². The molecule has 0 radical (unpaired) electrons. The summed E-state index contributed by atoms with van der Waals surface area (Å²) in [5.41, 5.74) is 0. The molecule has 0 aromatic carbocycles. The Morgan fingerprint density at radius 1 is 0.862 bits per heavy atom. The van der Waals surface area contributed by atoms with Gasteiger partial charge in [-0.2, -0.15) is 8.42 Å². The van der Waals surface area contributed by atoms with Crippen LogP contribution in [0, 0.1) is 0 Å². The van der Waals surface area contributed by atoms with Crippen molar-refractivity contribution in [3.8, 4) is 0 Å². The van der Waals surface area contributed by atoms with E-state index in [4.69, 9.17) is 4.74 Å². The van der Waals surface area contributed by atoms with Crippen LogP contribution in [0.25, 0.3) is 0 Å². The largest absolute Gasteiger partial charge is 1.00 e. The van der Waals surface area contributed by atoms with Crippen LogP contribution >= 0.6 is 0 Å². The first-order chi connectivity index (χ1) is 13.5. The molecular weight excluding hydrogens is 409 g/mol. The standard InChI is InChI=1S/C19H39NO7S.Na.H/c1-3-5-6-7-8-9-10-11-12-14-19(21)20-15-13-16-24-17-18-25-27-28(22,23)26-4-2;;/h3-18H2,1-2H3,(H,20,21);;/q;+1;-1. The minimum atomic E-state index is -4.09. The minimum absolute atomic E-state index is 0. The van der Waals surface area contributed by atoms with Crippen molar-refractivity contribution in [2.45, 2.75) is 84.5 Å². The second-order valence-corrected chi connectivity index (χ2v) is 7.79. The molecule has 29 heavy (non-hydrogen) atoms. The van der Waals surface area contributed by atoms with Crippen LogP contribution < -0.4 is 34.9 Å². The number of ether oxygens (including phenoxy) is 1. The Labute approximate surface area is 200 Å². The van der Waals surface area contributed by atoms with Gasteiger partial charge in [0, 0.05) is 19.6 Å².